The number of carbonyl (C=O) groups is 2. The quantitative estimate of drug-likeness (QED) is 0.0195. The lowest BCUT2D eigenvalue weighted by molar-refractivity contribution is -0.461. The Morgan fingerprint density at radius 1 is 0.681 bits per heavy atom. The van der Waals surface area contributed by atoms with Gasteiger partial charge < -0.3 is 13.9 Å². The van der Waals surface area contributed by atoms with Crippen LogP contribution in [0.25, 0.3) is 0 Å². The zero-order valence-electron chi connectivity index (χ0n) is 37.0. The molecule has 8 nitrogen and oxygen atoms in total. The van der Waals surface area contributed by atoms with E-state index in [9.17, 15) is 84.2 Å². The first-order valence-corrected chi connectivity index (χ1v) is 22.2. The Morgan fingerprint density at radius 2 is 1.17 bits per heavy atom. The van der Waals surface area contributed by atoms with E-state index in [4.69, 9.17) is 19.1 Å². The predicted octanol–water partition coefficient (Wildman–Crippen LogP) is 13.8. The van der Waals surface area contributed by atoms with E-state index in [-0.39, 0.29) is 11.3 Å². The number of rotatable bonds is 23. The van der Waals surface area contributed by atoms with E-state index in [0.717, 1.165) is 18.2 Å². The molecule has 3 N–H and O–H groups in total. The molecule has 2 amide bonds. The van der Waals surface area contributed by atoms with Crippen LogP contribution in [0, 0.1) is 17.6 Å². The van der Waals surface area contributed by atoms with E-state index in [1.807, 2.05) is 0 Å². The predicted molar refractivity (Wildman–Crippen MR) is 210 cm³/mol. The first-order chi connectivity index (χ1) is 31.1. The topological polar surface area (TPSA) is 106 Å². The number of nitrogens with one attached hydrogen (secondary N) is 2. The van der Waals surface area contributed by atoms with E-state index >= 15 is 8.78 Å². The van der Waals surface area contributed by atoms with Gasteiger partial charge >= 0.3 is 53.7 Å². The smallest absolute Gasteiger partial charge is 0.460 e. The number of allylic oxidation sites excluding steroid dienone is 2. The summed E-state index contributed by atoms with van der Waals surface area (Å²) in [6.45, 7) is 8.72. The van der Waals surface area contributed by atoms with Crippen LogP contribution in [0.2, 0.25) is 17.1 Å². The molecular weight excluding hydrogens is 1010 g/mol. The Hall–Kier alpha value is -4.73. The number of hydrogen-bond donors (Lipinski definition) is 3. The van der Waals surface area contributed by atoms with Crippen LogP contribution < -0.4 is 15.5 Å². The van der Waals surface area contributed by atoms with Crippen LogP contribution in [0.4, 0.5) is 93.9 Å². The van der Waals surface area contributed by atoms with Gasteiger partial charge in [0, 0.05) is 24.5 Å². The molecule has 2 atom stereocenters. The van der Waals surface area contributed by atoms with Gasteiger partial charge in [-0.2, -0.15) is 74.6 Å². The van der Waals surface area contributed by atoms with Crippen LogP contribution in [0.15, 0.2) is 65.8 Å². The van der Waals surface area contributed by atoms with Crippen LogP contribution in [0.5, 0.6) is 5.75 Å². The van der Waals surface area contributed by atoms with E-state index in [0.29, 0.717) is 17.2 Å². The van der Waals surface area contributed by atoms with Crippen molar-refractivity contribution in [2.24, 2.45) is 5.92 Å². The average molecular weight is 1050 g/mol. The Balaban J connectivity index is 2.37. The maximum atomic E-state index is 15.0. The highest BCUT2D eigenvalue weighted by Crippen LogP contribution is 2.64. The van der Waals surface area contributed by atoms with Crippen molar-refractivity contribution in [2.75, 3.05) is 18.5 Å². The van der Waals surface area contributed by atoms with Crippen LogP contribution in [0.3, 0.4) is 0 Å². The van der Waals surface area contributed by atoms with Gasteiger partial charge in [0.2, 0.25) is 0 Å². The molecule has 0 fully saturated rings. The van der Waals surface area contributed by atoms with Crippen molar-refractivity contribution in [3.63, 3.8) is 0 Å². The monoisotopic (exact) mass is 1050 g/mol. The van der Waals surface area contributed by atoms with Gasteiger partial charge in [0.05, 0.1) is 12.3 Å². The third-order valence-corrected chi connectivity index (χ3v) is 16.7. The molecule has 0 aliphatic heterocycles. The minimum Gasteiger partial charge on any atom is -0.491 e. The van der Waals surface area contributed by atoms with Gasteiger partial charge in [-0.15, -0.1) is 0 Å². The Bertz CT molecular complexity index is 2140. The molecule has 392 valence electrons. The lowest BCUT2D eigenvalue weighted by atomic mass is 9.88. The van der Waals surface area contributed by atoms with Gasteiger partial charge in [-0.3, -0.25) is 15.3 Å². The summed E-state index contributed by atoms with van der Waals surface area (Å²) in [6.07, 6.45) is -10.3. The molecule has 69 heavy (non-hydrogen) atoms. The van der Waals surface area contributed by atoms with E-state index in [1.54, 1.807) is 13.8 Å². The lowest BCUT2D eigenvalue weighted by Gasteiger charge is -2.44. The molecule has 0 saturated carbocycles. The number of alkyl halides is 17. The second kappa shape index (κ2) is 21.7. The summed E-state index contributed by atoms with van der Waals surface area (Å²) in [5, 5.41) is 11.0. The molecule has 0 saturated heterocycles. The molecule has 0 bridgehead atoms. The van der Waals surface area contributed by atoms with Crippen molar-refractivity contribution in [2.45, 2.75) is 126 Å². The van der Waals surface area contributed by atoms with E-state index in [1.165, 1.54) is 70.4 Å². The summed E-state index contributed by atoms with van der Waals surface area (Å²) < 4.78 is 281. The fraction of sp³-hybridized carbons (Fsp3) is 0.561. The summed E-state index contributed by atoms with van der Waals surface area (Å²) in [5.74, 6) is -60.7. The van der Waals surface area contributed by atoms with E-state index < -0.39 is 134 Å². The number of halogens is 19. The summed E-state index contributed by atoms with van der Waals surface area (Å²) in [5.41, 5.74) is 0.182. The second-order valence-corrected chi connectivity index (χ2v) is 21.3. The van der Waals surface area contributed by atoms with Crippen molar-refractivity contribution in [3.05, 3.63) is 83.0 Å². The van der Waals surface area contributed by atoms with Crippen LogP contribution in [0.1, 0.15) is 66.6 Å². The minimum absolute atomic E-state index is 0.0266. The first-order valence-electron chi connectivity index (χ1n) is 19.9. The highest BCUT2D eigenvalue weighted by molar-refractivity contribution is 6.76. The third-order valence-electron chi connectivity index (χ3n) is 11.0. The standard InChI is InChI=1S/C41H45F19N2O6Si/c1-21(2)69(22(3)4,17-14-34(44,45)35(46,47)36(48,49)37(50,51)38(52,53)39(54,55)40(56,57)41(58,59)60)67-16-15-66-28-11-8-26(9-12-28)32(25(7)24(6)18-23(5)19-31(63)62-65)68-33(64)61-30-13-10-27(42)20-29(30)43/h8-13,18-22,25,32,65H,14-17H2,1-7H3,(H,61,64)(H,62,63)/b23-19+,24-18+/t25-,32-/m0/s1. The van der Waals surface area contributed by atoms with Gasteiger partial charge in [0.25, 0.3) is 5.91 Å². The van der Waals surface area contributed by atoms with E-state index in [2.05, 4.69) is 5.32 Å². The largest absolute Gasteiger partial charge is 0.491 e. The highest BCUT2D eigenvalue weighted by atomic mass is 28.4. The summed E-state index contributed by atoms with van der Waals surface area (Å²) in [4.78, 5) is 24.5. The molecule has 0 heterocycles. The molecule has 2 aromatic rings. The lowest BCUT2D eigenvalue weighted by Crippen LogP contribution is -2.74. The molecule has 2 aromatic carbocycles. The third kappa shape index (κ3) is 12.4. The molecule has 0 aromatic heterocycles. The van der Waals surface area contributed by atoms with Crippen LogP contribution in [-0.2, 0) is 14.0 Å². The van der Waals surface area contributed by atoms with Crippen molar-refractivity contribution >= 4 is 26.0 Å². The first kappa shape index (κ1) is 60.4. The number of ether oxygens (including phenoxy) is 2. The number of hydrogen-bond acceptors (Lipinski definition) is 6. The Kier molecular flexibility index (Phi) is 19.0. The van der Waals surface area contributed by atoms with Crippen molar-refractivity contribution in [3.8, 4) is 5.75 Å². The normalized spacial score (nSPS) is 15.3. The van der Waals surface area contributed by atoms with Crippen molar-refractivity contribution in [1.82, 2.24) is 5.48 Å². The molecule has 0 aliphatic rings. The maximum Gasteiger partial charge on any atom is 0.460 e. The zero-order chi connectivity index (χ0) is 53.7. The summed E-state index contributed by atoms with van der Waals surface area (Å²) in [6, 6.07) is 6.27. The number of anilines is 1. The van der Waals surface area contributed by atoms with Crippen LogP contribution >= 0.6 is 0 Å². The summed E-state index contributed by atoms with van der Waals surface area (Å²) >= 11 is 0. The van der Waals surface area contributed by atoms with Gasteiger partial charge in [0.15, 0.2) is 8.32 Å². The minimum atomic E-state index is -8.73. The molecule has 0 aliphatic carbocycles. The summed E-state index contributed by atoms with van der Waals surface area (Å²) in [7, 11) is -4.07. The Morgan fingerprint density at radius 3 is 1.64 bits per heavy atom. The van der Waals surface area contributed by atoms with Gasteiger partial charge in [0.1, 0.15) is 30.1 Å². The molecule has 0 unspecified atom stereocenters. The maximum absolute atomic E-state index is 15.0. The van der Waals surface area contributed by atoms with Gasteiger partial charge in [-0.25, -0.2) is 19.1 Å². The number of benzene rings is 2. The zero-order valence-corrected chi connectivity index (χ0v) is 38.0. The van der Waals surface area contributed by atoms with Crippen molar-refractivity contribution < 1.29 is 112 Å². The molecule has 28 heteroatoms. The van der Waals surface area contributed by atoms with Crippen LogP contribution in [-0.4, -0.2) is 86.4 Å². The highest BCUT2D eigenvalue weighted by Gasteiger charge is 2.95. The number of hydroxylamine groups is 1. The van der Waals surface area contributed by atoms with Gasteiger partial charge in [-0.05, 0) is 66.4 Å². The number of carbonyl (C=O) groups excluding carboxylic acids is 2. The average Bonchev–Trinajstić information content (AvgIpc) is 3.22. The Labute approximate surface area is 382 Å². The fourth-order valence-corrected chi connectivity index (χ4v) is 11.3. The number of amides is 2. The SMILES string of the molecule is CC(=C\C(=O)NO)/C=C(\C)[C@H](C)[C@H](OC(=O)Nc1ccc(F)cc1F)c1ccc(OCCO[Si](CCC(F)(F)C(F)(F)C(F)(F)C(F)(F)C(F)(F)C(F)(F)C(F)(F)C(F)(F)F)(C(C)C)C(C)C)cc1. The second-order valence-electron chi connectivity index (χ2n) is 16.3. The molecule has 2 rings (SSSR count). The molecular formula is C41H45F19N2O6Si. The fourth-order valence-electron chi connectivity index (χ4n) is 6.81. The molecule has 0 radical (unpaired) electrons. The van der Waals surface area contributed by atoms with Crippen molar-refractivity contribution in [1.29, 1.82) is 0 Å². The van der Waals surface area contributed by atoms with Gasteiger partial charge in [-0.1, -0.05) is 58.4 Å². The molecule has 0 spiro atoms.